The van der Waals surface area contributed by atoms with E-state index in [0.29, 0.717) is 22.8 Å². The van der Waals surface area contributed by atoms with E-state index in [4.69, 9.17) is 21.1 Å². The largest absolute Gasteiger partial charge is 0.465 e. The first-order chi connectivity index (χ1) is 13.2. The van der Waals surface area contributed by atoms with Gasteiger partial charge in [0.2, 0.25) is 11.2 Å². The third-order valence-electron chi connectivity index (χ3n) is 3.90. The van der Waals surface area contributed by atoms with E-state index in [1.165, 1.54) is 11.6 Å². The van der Waals surface area contributed by atoms with E-state index in [9.17, 15) is 4.79 Å². The summed E-state index contributed by atoms with van der Waals surface area (Å²) in [6.07, 6.45) is 0. The molecule has 0 N–H and O–H groups in total. The molecule has 0 bridgehead atoms. The van der Waals surface area contributed by atoms with E-state index < -0.39 is 5.97 Å². The number of methoxy groups -OCH3 is 1. The second kappa shape index (κ2) is 7.05. The van der Waals surface area contributed by atoms with Gasteiger partial charge in [-0.05, 0) is 41.4 Å². The molecule has 0 amide bonds. The molecule has 2 aromatic carbocycles. The highest BCUT2D eigenvalue weighted by Crippen LogP contribution is 2.34. The predicted molar refractivity (Wildman–Crippen MR) is 99.1 cm³/mol. The molecule has 0 aliphatic carbocycles. The number of rotatable bonds is 4. The molecule has 2 aromatic heterocycles. The maximum Gasteiger partial charge on any atom is 0.337 e. The number of esters is 1. The van der Waals surface area contributed by atoms with E-state index >= 15 is 0 Å². The van der Waals surface area contributed by atoms with Crippen LogP contribution in [0.1, 0.15) is 10.4 Å². The summed E-state index contributed by atoms with van der Waals surface area (Å²) in [6.45, 7) is 0. The quantitative estimate of drug-likeness (QED) is 0.497. The van der Waals surface area contributed by atoms with Crippen molar-refractivity contribution < 1.29 is 14.3 Å². The first-order valence-corrected chi connectivity index (χ1v) is 8.37. The van der Waals surface area contributed by atoms with Crippen LogP contribution in [0.3, 0.4) is 0 Å². The van der Waals surface area contributed by atoms with Crippen molar-refractivity contribution in [2.24, 2.45) is 0 Å². The van der Waals surface area contributed by atoms with Crippen LogP contribution in [0.4, 0.5) is 0 Å². The molecule has 7 nitrogen and oxygen atoms in total. The number of benzene rings is 2. The van der Waals surface area contributed by atoms with Crippen LogP contribution in [0.2, 0.25) is 5.28 Å². The van der Waals surface area contributed by atoms with Gasteiger partial charge >= 0.3 is 5.97 Å². The molecule has 0 unspecified atom stereocenters. The van der Waals surface area contributed by atoms with E-state index in [-0.39, 0.29) is 5.28 Å². The van der Waals surface area contributed by atoms with Crippen LogP contribution < -0.4 is 4.74 Å². The number of aromatic nitrogens is 4. The van der Waals surface area contributed by atoms with Crippen molar-refractivity contribution in [3.63, 3.8) is 0 Å². The normalized spacial score (nSPS) is 10.7. The molecule has 134 valence electrons. The molecule has 8 heteroatoms. The Morgan fingerprint density at radius 1 is 1.04 bits per heavy atom. The van der Waals surface area contributed by atoms with Gasteiger partial charge in [0, 0.05) is 11.6 Å². The molecule has 4 aromatic rings. The van der Waals surface area contributed by atoms with E-state index in [0.717, 1.165) is 11.1 Å². The first kappa shape index (κ1) is 17.0. The summed E-state index contributed by atoms with van der Waals surface area (Å²) < 4.78 is 12.2. The number of fused-ring (bicyclic) bond motifs is 1. The van der Waals surface area contributed by atoms with Gasteiger partial charge in [-0.15, -0.1) is 15.3 Å². The molecule has 0 atom stereocenters. The number of hydrogen-bond acceptors (Lipinski definition) is 6. The number of halogens is 1. The molecule has 2 heterocycles. The van der Waals surface area contributed by atoms with E-state index in [1.54, 1.807) is 30.3 Å². The van der Waals surface area contributed by atoms with Gasteiger partial charge in [0.15, 0.2) is 5.65 Å². The maximum atomic E-state index is 11.9. The number of ether oxygens (including phenoxy) is 2. The second-order valence-electron chi connectivity index (χ2n) is 5.58. The molecule has 0 aliphatic heterocycles. The first-order valence-electron chi connectivity index (χ1n) is 7.99. The Hall–Kier alpha value is -3.45. The Morgan fingerprint density at radius 3 is 2.63 bits per heavy atom. The summed E-state index contributed by atoms with van der Waals surface area (Å²) in [7, 11) is 1.34. The zero-order valence-electron chi connectivity index (χ0n) is 14.2. The molecule has 0 saturated heterocycles. The standard InChI is InChI=1S/C19H13ClN4O3/c1-26-18(25)13-7-8-15(14(11-13)12-5-3-2-4-6-12)27-17-10-9-16-21-22-19(20)24(16)23-17/h2-11H,1H3. The SMILES string of the molecule is COC(=O)c1ccc(Oc2ccc3nnc(Cl)n3n2)c(-c2ccccc2)c1. The van der Waals surface area contributed by atoms with Gasteiger partial charge in [0.25, 0.3) is 0 Å². The van der Waals surface area contributed by atoms with Gasteiger partial charge in [0.1, 0.15) is 5.75 Å². The van der Waals surface area contributed by atoms with Crippen LogP contribution in [0.5, 0.6) is 11.6 Å². The average Bonchev–Trinajstić information content (AvgIpc) is 3.09. The van der Waals surface area contributed by atoms with Crippen molar-refractivity contribution in [3.8, 4) is 22.8 Å². The number of carbonyl (C=O) groups excluding carboxylic acids is 1. The number of carbonyl (C=O) groups is 1. The highest BCUT2D eigenvalue weighted by atomic mass is 35.5. The van der Waals surface area contributed by atoms with Crippen LogP contribution in [0, 0.1) is 0 Å². The summed E-state index contributed by atoms with van der Waals surface area (Å²) in [5, 5.41) is 12.1. The Labute approximate surface area is 159 Å². The van der Waals surface area contributed by atoms with Gasteiger partial charge in [0.05, 0.1) is 12.7 Å². The lowest BCUT2D eigenvalue weighted by molar-refractivity contribution is 0.0601. The highest BCUT2D eigenvalue weighted by Gasteiger charge is 2.14. The average molecular weight is 381 g/mol. The van der Waals surface area contributed by atoms with Crippen LogP contribution in [0.25, 0.3) is 16.8 Å². The summed E-state index contributed by atoms with van der Waals surface area (Å²) in [5.41, 5.74) is 2.56. The Bertz CT molecular complexity index is 1130. The minimum Gasteiger partial charge on any atom is -0.465 e. The predicted octanol–water partition coefficient (Wildman–Crippen LogP) is 4.02. The van der Waals surface area contributed by atoms with Crippen molar-refractivity contribution in [2.75, 3.05) is 7.11 Å². The van der Waals surface area contributed by atoms with Crippen molar-refractivity contribution in [1.29, 1.82) is 0 Å². The van der Waals surface area contributed by atoms with Crippen molar-refractivity contribution in [3.05, 3.63) is 71.5 Å². The zero-order chi connectivity index (χ0) is 18.8. The van der Waals surface area contributed by atoms with Crippen LogP contribution in [-0.2, 0) is 4.74 Å². The summed E-state index contributed by atoms with van der Waals surface area (Å²) in [5.74, 6) is 0.423. The van der Waals surface area contributed by atoms with Crippen LogP contribution in [-0.4, -0.2) is 32.9 Å². The lowest BCUT2D eigenvalue weighted by atomic mass is 10.0. The van der Waals surface area contributed by atoms with Crippen LogP contribution >= 0.6 is 11.6 Å². The number of nitrogens with zero attached hydrogens (tertiary/aromatic N) is 4. The summed E-state index contributed by atoms with van der Waals surface area (Å²) in [4.78, 5) is 11.9. The summed E-state index contributed by atoms with van der Waals surface area (Å²) in [6, 6.07) is 18.0. The van der Waals surface area contributed by atoms with Gasteiger partial charge in [-0.2, -0.15) is 4.52 Å². The lowest BCUT2D eigenvalue weighted by Gasteiger charge is -2.12. The Morgan fingerprint density at radius 2 is 1.85 bits per heavy atom. The highest BCUT2D eigenvalue weighted by molar-refractivity contribution is 6.28. The van der Waals surface area contributed by atoms with E-state index in [2.05, 4.69) is 15.3 Å². The van der Waals surface area contributed by atoms with Crippen molar-refractivity contribution in [2.45, 2.75) is 0 Å². The van der Waals surface area contributed by atoms with Gasteiger partial charge in [-0.25, -0.2) is 4.79 Å². The molecule has 0 fully saturated rings. The monoisotopic (exact) mass is 380 g/mol. The molecular formula is C19H13ClN4O3. The molecule has 0 aliphatic rings. The Kier molecular flexibility index (Phi) is 4.43. The van der Waals surface area contributed by atoms with Gasteiger partial charge in [-0.3, -0.25) is 0 Å². The van der Waals surface area contributed by atoms with E-state index in [1.807, 2.05) is 30.3 Å². The third-order valence-corrected chi connectivity index (χ3v) is 4.14. The fourth-order valence-corrected chi connectivity index (χ4v) is 2.78. The van der Waals surface area contributed by atoms with Gasteiger partial charge < -0.3 is 9.47 Å². The Balaban J connectivity index is 1.78. The second-order valence-corrected chi connectivity index (χ2v) is 5.92. The lowest BCUT2D eigenvalue weighted by Crippen LogP contribution is -2.02. The van der Waals surface area contributed by atoms with Gasteiger partial charge in [-0.1, -0.05) is 30.3 Å². The maximum absolute atomic E-state index is 11.9. The van der Waals surface area contributed by atoms with Crippen molar-refractivity contribution in [1.82, 2.24) is 19.8 Å². The molecule has 0 radical (unpaired) electrons. The molecule has 27 heavy (non-hydrogen) atoms. The fourth-order valence-electron chi connectivity index (χ4n) is 2.62. The third kappa shape index (κ3) is 3.32. The smallest absolute Gasteiger partial charge is 0.337 e. The molecule has 0 saturated carbocycles. The topological polar surface area (TPSA) is 78.6 Å². The summed E-state index contributed by atoms with van der Waals surface area (Å²) >= 11 is 5.97. The van der Waals surface area contributed by atoms with Crippen LogP contribution in [0.15, 0.2) is 60.7 Å². The molecule has 4 rings (SSSR count). The fraction of sp³-hybridized carbons (Fsp3) is 0.0526. The minimum absolute atomic E-state index is 0.139. The minimum atomic E-state index is -0.422. The zero-order valence-corrected chi connectivity index (χ0v) is 14.9. The molecular weight excluding hydrogens is 368 g/mol. The van der Waals surface area contributed by atoms with Crippen molar-refractivity contribution >= 4 is 23.2 Å². The number of hydrogen-bond donors (Lipinski definition) is 0. The molecule has 0 spiro atoms.